The van der Waals surface area contributed by atoms with Gasteiger partial charge in [0.25, 0.3) is 0 Å². The van der Waals surface area contributed by atoms with E-state index in [4.69, 9.17) is 5.11 Å². The number of ketones is 1. The summed E-state index contributed by atoms with van der Waals surface area (Å²) in [7, 11) is 0. The Balaban J connectivity index is 2.52. The third-order valence-corrected chi connectivity index (χ3v) is 2.13. The number of carbonyl (C=O) groups is 2. The summed E-state index contributed by atoms with van der Waals surface area (Å²) in [5.74, 6) is -0.0990. The number of pyridine rings is 1. The number of carbonyl (C=O) groups excluding carboxylic acids is 1. The number of anilines is 1. The van der Waals surface area contributed by atoms with Gasteiger partial charge in [0.1, 0.15) is 5.69 Å². The highest BCUT2D eigenvalue weighted by molar-refractivity contribution is 6.05. The molecule has 1 aromatic rings. The second kappa shape index (κ2) is 3.10. The van der Waals surface area contributed by atoms with Crippen molar-refractivity contribution in [1.82, 2.24) is 4.98 Å². The molecule has 1 amide bonds. The van der Waals surface area contributed by atoms with Crippen LogP contribution in [0.15, 0.2) is 18.3 Å². The highest BCUT2D eigenvalue weighted by Crippen LogP contribution is 2.24. The molecule has 5 heteroatoms. The fourth-order valence-corrected chi connectivity index (χ4v) is 1.48. The van der Waals surface area contributed by atoms with Gasteiger partial charge in [-0.1, -0.05) is 0 Å². The highest BCUT2D eigenvalue weighted by Gasteiger charge is 2.27. The zero-order valence-corrected chi connectivity index (χ0v) is 7.30. The zero-order chi connectivity index (χ0) is 10.1. The minimum Gasteiger partial charge on any atom is -0.465 e. The van der Waals surface area contributed by atoms with Gasteiger partial charge >= 0.3 is 6.09 Å². The molecule has 2 heterocycles. The van der Waals surface area contributed by atoms with Crippen molar-refractivity contribution in [3.05, 3.63) is 24.0 Å². The average Bonchev–Trinajstić information content (AvgIpc) is 2.18. The van der Waals surface area contributed by atoms with E-state index < -0.39 is 6.09 Å². The minimum absolute atomic E-state index is 0.0990. The largest absolute Gasteiger partial charge is 0.465 e. The third kappa shape index (κ3) is 1.22. The van der Waals surface area contributed by atoms with E-state index >= 15 is 0 Å². The maximum absolute atomic E-state index is 11.4. The SMILES string of the molecule is O=C1CCN(C(=O)O)c2cccnc21. The van der Waals surface area contributed by atoms with Crippen molar-refractivity contribution in [2.75, 3.05) is 11.4 Å². The Hall–Kier alpha value is -1.91. The molecular weight excluding hydrogens is 184 g/mol. The summed E-state index contributed by atoms with van der Waals surface area (Å²) in [6.07, 6.45) is 0.644. The molecule has 0 atom stereocenters. The number of nitrogens with zero attached hydrogens (tertiary/aromatic N) is 2. The van der Waals surface area contributed by atoms with Crippen molar-refractivity contribution in [3.8, 4) is 0 Å². The van der Waals surface area contributed by atoms with Gasteiger partial charge in [-0.15, -0.1) is 0 Å². The number of Topliss-reactive ketones (excluding diaryl/α,β-unsaturated/α-hetero) is 1. The molecule has 72 valence electrons. The Kier molecular flexibility index (Phi) is 1.92. The molecule has 0 saturated carbocycles. The van der Waals surface area contributed by atoms with E-state index in [1.165, 1.54) is 6.20 Å². The molecule has 0 spiro atoms. The monoisotopic (exact) mass is 192 g/mol. The molecule has 0 unspecified atom stereocenters. The van der Waals surface area contributed by atoms with E-state index in [1.807, 2.05) is 0 Å². The molecule has 5 nitrogen and oxygen atoms in total. The zero-order valence-electron chi connectivity index (χ0n) is 7.30. The van der Waals surface area contributed by atoms with Crippen molar-refractivity contribution >= 4 is 17.6 Å². The first-order valence-electron chi connectivity index (χ1n) is 4.19. The lowest BCUT2D eigenvalue weighted by Gasteiger charge is -2.24. The highest BCUT2D eigenvalue weighted by atomic mass is 16.4. The van der Waals surface area contributed by atoms with E-state index in [-0.39, 0.29) is 24.4 Å². The van der Waals surface area contributed by atoms with Crippen molar-refractivity contribution in [1.29, 1.82) is 0 Å². The smallest absolute Gasteiger partial charge is 0.411 e. The molecule has 0 radical (unpaired) electrons. The Bertz CT molecular complexity index is 403. The van der Waals surface area contributed by atoms with Crippen molar-refractivity contribution in [2.45, 2.75) is 6.42 Å². The Labute approximate surface area is 80.0 Å². The molecule has 1 aromatic heterocycles. The topological polar surface area (TPSA) is 70.5 Å². The maximum atomic E-state index is 11.4. The van der Waals surface area contributed by atoms with Crippen LogP contribution in [0.1, 0.15) is 16.9 Å². The van der Waals surface area contributed by atoms with Gasteiger partial charge in [0, 0.05) is 19.2 Å². The second-order valence-electron chi connectivity index (χ2n) is 2.98. The molecule has 0 bridgehead atoms. The molecule has 1 aliphatic rings. The summed E-state index contributed by atoms with van der Waals surface area (Å²) in [4.78, 5) is 27.2. The predicted octanol–water partition coefficient (Wildman–Crippen LogP) is 1.15. The van der Waals surface area contributed by atoms with Gasteiger partial charge in [0.05, 0.1) is 5.69 Å². The Morgan fingerprint density at radius 3 is 3.07 bits per heavy atom. The molecule has 2 rings (SSSR count). The van der Waals surface area contributed by atoms with E-state index in [9.17, 15) is 9.59 Å². The first kappa shape index (κ1) is 8.68. The van der Waals surface area contributed by atoms with Gasteiger partial charge in [-0.05, 0) is 12.1 Å². The van der Waals surface area contributed by atoms with Crippen LogP contribution in [0.4, 0.5) is 10.5 Å². The summed E-state index contributed by atoms with van der Waals surface area (Å²) in [5, 5.41) is 8.86. The number of aromatic nitrogens is 1. The van der Waals surface area contributed by atoms with E-state index in [1.54, 1.807) is 12.1 Å². The summed E-state index contributed by atoms with van der Waals surface area (Å²) in [5.41, 5.74) is 0.636. The fraction of sp³-hybridized carbons (Fsp3) is 0.222. The first-order valence-corrected chi connectivity index (χ1v) is 4.19. The van der Waals surface area contributed by atoms with Crippen LogP contribution in [0.25, 0.3) is 0 Å². The second-order valence-corrected chi connectivity index (χ2v) is 2.98. The van der Waals surface area contributed by atoms with Crippen LogP contribution in [-0.4, -0.2) is 28.5 Å². The van der Waals surface area contributed by atoms with Crippen LogP contribution < -0.4 is 4.90 Å². The number of carboxylic acid groups (broad SMARTS) is 1. The van der Waals surface area contributed by atoms with E-state index in [0.29, 0.717) is 5.69 Å². The van der Waals surface area contributed by atoms with Gasteiger partial charge in [0.2, 0.25) is 0 Å². The number of rotatable bonds is 0. The summed E-state index contributed by atoms with van der Waals surface area (Å²) < 4.78 is 0. The van der Waals surface area contributed by atoms with Gasteiger partial charge < -0.3 is 5.11 Å². The molecular formula is C9H8N2O3. The molecule has 1 N–H and O–H groups in total. The molecule has 0 aliphatic carbocycles. The van der Waals surface area contributed by atoms with Gasteiger partial charge in [0.15, 0.2) is 5.78 Å². The van der Waals surface area contributed by atoms with Crippen LogP contribution >= 0.6 is 0 Å². The summed E-state index contributed by atoms with van der Waals surface area (Å²) in [6, 6.07) is 3.21. The molecule has 0 aromatic carbocycles. The van der Waals surface area contributed by atoms with Crippen molar-refractivity contribution in [3.63, 3.8) is 0 Å². The van der Waals surface area contributed by atoms with Gasteiger partial charge in [-0.25, -0.2) is 4.79 Å². The van der Waals surface area contributed by atoms with Crippen LogP contribution in [0.2, 0.25) is 0 Å². The Morgan fingerprint density at radius 1 is 1.57 bits per heavy atom. The van der Waals surface area contributed by atoms with E-state index in [2.05, 4.69) is 4.98 Å². The van der Waals surface area contributed by atoms with Crippen LogP contribution in [0.5, 0.6) is 0 Å². The quantitative estimate of drug-likeness (QED) is 0.669. The normalized spacial score (nSPS) is 15.1. The minimum atomic E-state index is -1.05. The number of hydrogen-bond donors (Lipinski definition) is 1. The van der Waals surface area contributed by atoms with Crippen LogP contribution in [-0.2, 0) is 0 Å². The average molecular weight is 192 g/mol. The third-order valence-electron chi connectivity index (χ3n) is 2.13. The lowest BCUT2D eigenvalue weighted by atomic mass is 10.1. The molecule has 0 saturated heterocycles. The van der Waals surface area contributed by atoms with E-state index in [0.717, 1.165) is 4.90 Å². The standard InChI is InChI=1S/C9H8N2O3/c12-7-3-5-11(9(13)14)6-2-1-4-10-8(6)7/h1-2,4H,3,5H2,(H,13,14). The molecule has 0 fully saturated rings. The first-order chi connectivity index (χ1) is 6.70. The number of hydrogen-bond acceptors (Lipinski definition) is 3. The Morgan fingerprint density at radius 2 is 2.36 bits per heavy atom. The fourth-order valence-electron chi connectivity index (χ4n) is 1.48. The van der Waals surface area contributed by atoms with Crippen LogP contribution in [0, 0.1) is 0 Å². The molecule has 1 aliphatic heterocycles. The summed E-state index contributed by atoms with van der Waals surface area (Å²) in [6.45, 7) is 0.215. The lowest BCUT2D eigenvalue weighted by Crippen LogP contribution is -2.36. The van der Waals surface area contributed by atoms with Gasteiger partial charge in [-0.2, -0.15) is 0 Å². The summed E-state index contributed by atoms with van der Waals surface area (Å²) >= 11 is 0. The predicted molar refractivity (Wildman–Crippen MR) is 48.6 cm³/mol. The number of amides is 1. The number of fused-ring (bicyclic) bond motifs is 1. The lowest BCUT2D eigenvalue weighted by molar-refractivity contribution is 0.0975. The van der Waals surface area contributed by atoms with Crippen molar-refractivity contribution in [2.24, 2.45) is 0 Å². The maximum Gasteiger partial charge on any atom is 0.411 e. The van der Waals surface area contributed by atoms with Gasteiger partial charge in [-0.3, -0.25) is 14.7 Å². The van der Waals surface area contributed by atoms with Crippen LogP contribution in [0.3, 0.4) is 0 Å². The molecule has 14 heavy (non-hydrogen) atoms. The van der Waals surface area contributed by atoms with Crippen molar-refractivity contribution < 1.29 is 14.7 Å².